The summed E-state index contributed by atoms with van der Waals surface area (Å²) in [4.78, 5) is 14.1. The molecule has 0 amide bonds. The molecule has 1 atom stereocenters. The molecule has 3 nitrogen and oxygen atoms in total. The van der Waals surface area contributed by atoms with Crippen LogP contribution in [0.2, 0.25) is 0 Å². The summed E-state index contributed by atoms with van der Waals surface area (Å²) in [5.74, 6) is 0.564. The van der Waals surface area contributed by atoms with Crippen molar-refractivity contribution in [1.82, 2.24) is 4.90 Å². The molecule has 2 rings (SSSR count). The van der Waals surface area contributed by atoms with Crippen molar-refractivity contribution in [2.24, 2.45) is 5.92 Å². The number of benzene rings is 1. The van der Waals surface area contributed by atoms with Crippen molar-refractivity contribution >= 4 is 5.78 Å². The van der Waals surface area contributed by atoms with Crippen molar-refractivity contribution in [1.29, 1.82) is 0 Å². The molecule has 1 aromatic rings. The number of Topliss-reactive ketones (excluding diaryl/α,β-unsaturated/α-hetero) is 1. The van der Waals surface area contributed by atoms with E-state index in [1.54, 1.807) is 0 Å². The number of rotatable bonds is 4. The maximum Gasteiger partial charge on any atom is 0.188 e. The lowest BCUT2D eigenvalue weighted by molar-refractivity contribution is 0.0903. The number of likely N-dealkylation sites (tertiary alicyclic amines) is 1. The second-order valence-electron chi connectivity index (χ2n) is 5.77. The highest BCUT2D eigenvalue weighted by atomic mass is 16.3. The minimum atomic E-state index is -0.413. The summed E-state index contributed by atoms with van der Waals surface area (Å²) >= 11 is 0. The van der Waals surface area contributed by atoms with E-state index in [4.69, 9.17) is 5.11 Å². The van der Waals surface area contributed by atoms with Crippen LogP contribution in [0.4, 0.5) is 0 Å². The normalized spacial score (nSPS) is 20.5. The first-order chi connectivity index (χ1) is 9.08. The molecule has 1 saturated heterocycles. The number of aliphatic hydroxyl groups is 1. The average Bonchev–Trinajstić information content (AvgIpc) is 2.37. The van der Waals surface area contributed by atoms with E-state index in [2.05, 4.69) is 17.9 Å². The number of carbonyl (C=O) groups is 1. The molecule has 0 aliphatic carbocycles. The Balaban J connectivity index is 2.11. The Morgan fingerprint density at radius 2 is 2.21 bits per heavy atom. The van der Waals surface area contributed by atoms with Gasteiger partial charge in [-0.05, 0) is 49.9 Å². The summed E-state index contributed by atoms with van der Waals surface area (Å²) in [5.41, 5.74) is 2.88. The molecular formula is C16H23NO2. The third kappa shape index (κ3) is 3.88. The zero-order valence-electron chi connectivity index (χ0n) is 11.9. The van der Waals surface area contributed by atoms with Crippen molar-refractivity contribution in [2.45, 2.75) is 33.2 Å². The van der Waals surface area contributed by atoms with Gasteiger partial charge in [0.25, 0.3) is 0 Å². The van der Waals surface area contributed by atoms with Crippen molar-refractivity contribution in [3.63, 3.8) is 0 Å². The van der Waals surface area contributed by atoms with Crippen LogP contribution in [0.15, 0.2) is 18.2 Å². The molecule has 0 radical (unpaired) electrons. The van der Waals surface area contributed by atoms with Crippen LogP contribution in [0, 0.1) is 12.8 Å². The van der Waals surface area contributed by atoms with Crippen LogP contribution in [0.25, 0.3) is 0 Å². The van der Waals surface area contributed by atoms with Gasteiger partial charge in [-0.15, -0.1) is 0 Å². The Morgan fingerprint density at radius 3 is 2.89 bits per heavy atom. The molecule has 1 N–H and O–H groups in total. The van der Waals surface area contributed by atoms with E-state index < -0.39 is 6.61 Å². The van der Waals surface area contributed by atoms with Crippen LogP contribution in [0.3, 0.4) is 0 Å². The van der Waals surface area contributed by atoms with Gasteiger partial charge < -0.3 is 5.11 Å². The van der Waals surface area contributed by atoms with Gasteiger partial charge in [-0.1, -0.05) is 18.6 Å². The fourth-order valence-corrected chi connectivity index (χ4v) is 2.89. The van der Waals surface area contributed by atoms with Gasteiger partial charge in [0.1, 0.15) is 6.61 Å². The van der Waals surface area contributed by atoms with E-state index in [1.807, 2.05) is 19.1 Å². The van der Waals surface area contributed by atoms with Crippen LogP contribution in [0.1, 0.15) is 41.3 Å². The fraction of sp³-hybridized carbons (Fsp3) is 0.562. The first kappa shape index (κ1) is 14.2. The lowest BCUT2D eigenvalue weighted by atomic mass is 9.98. The van der Waals surface area contributed by atoms with Crippen molar-refractivity contribution < 1.29 is 9.90 Å². The smallest absolute Gasteiger partial charge is 0.188 e. The highest BCUT2D eigenvalue weighted by molar-refractivity contribution is 5.97. The monoisotopic (exact) mass is 261 g/mol. The molecule has 1 aliphatic heterocycles. The molecule has 0 saturated carbocycles. The minimum Gasteiger partial charge on any atom is -0.388 e. The van der Waals surface area contributed by atoms with Crippen molar-refractivity contribution in [3.05, 3.63) is 34.9 Å². The third-order valence-corrected chi connectivity index (χ3v) is 3.75. The predicted octanol–water partition coefficient (Wildman–Crippen LogP) is 2.40. The van der Waals surface area contributed by atoms with Gasteiger partial charge in [-0.2, -0.15) is 0 Å². The Bertz CT molecular complexity index is 456. The molecular weight excluding hydrogens is 238 g/mol. The molecule has 1 aliphatic rings. The Labute approximate surface area is 115 Å². The molecule has 19 heavy (non-hydrogen) atoms. The van der Waals surface area contributed by atoms with Crippen LogP contribution in [0.5, 0.6) is 0 Å². The van der Waals surface area contributed by atoms with Gasteiger partial charge in [0.15, 0.2) is 5.78 Å². The summed E-state index contributed by atoms with van der Waals surface area (Å²) in [6, 6.07) is 5.90. The lowest BCUT2D eigenvalue weighted by Gasteiger charge is -2.31. The molecule has 0 aromatic heterocycles. The fourth-order valence-electron chi connectivity index (χ4n) is 2.89. The zero-order chi connectivity index (χ0) is 13.8. The average molecular weight is 261 g/mol. The first-order valence-corrected chi connectivity index (χ1v) is 7.05. The Kier molecular flexibility index (Phi) is 4.72. The van der Waals surface area contributed by atoms with E-state index in [-0.39, 0.29) is 5.78 Å². The van der Waals surface area contributed by atoms with Gasteiger partial charge >= 0.3 is 0 Å². The first-order valence-electron chi connectivity index (χ1n) is 7.05. The van der Waals surface area contributed by atoms with Gasteiger partial charge in [0, 0.05) is 18.7 Å². The maximum absolute atomic E-state index is 11.6. The molecule has 0 bridgehead atoms. The second-order valence-corrected chi connectivity index (χ2v) is 5.77. The SMILES string of the molecule is Cc1cc(CN2CCCC(C)C2)cc(C(=O)CO)c1. The molecule has 1 heterocycles. The predicted molar refractivity (Wildman–Crippen MR) is 76.3 cm³/mol. The number of piperidine rings is 1. The van der Waals surface area contributed by atoms with E-state index in [1.165, 1.54) is 18.4 Å². The van der Waals surface area contributed by atoms with Crippen molar-refractivity contribution in [2.75, 3.05) is 19.7 Å². The number of ketones is 1. The summed E-state index contributed by atoms with van der Waals surface area (Å²) in [6.45, 7) is 7.06. The number of hydrogen-bond donors (Lipinski definition) is 1. The van der Waals surface area contributed by atoms with E-state index in [9.17, 15) is 4.79 Å². The maximum atomic E-state index is 11.6. The van der Waals surface area contributed by atoms with Crippen LogP contribution in [-0.2, 0) is 6.54 Å². The highest BCUT2D eigenvalue weighted by Crippen LogP contribution is 2.19. The largest absolute Gasteiger partial charge is 0.388 e. The molecule has 3 heteroatoms. The highest BCUT2D eigenvalue weighted by Gasteiger charge is 2.17. The van der Waals surface area contributed by atoms with Gasteiger partial charge in [0.2, 0.25) is 0 Å². The van der Waals surface area contributed by atoms with Crippen LogP contribution < -0.4 is 0 Å². The Morgan fingerprint density at radius 1 is 1.42 bits per heavy atom. The summed E-state index contributed by atoms with van der Waals surface area (Å²) in [5, 5.41) is 8.97. The summed E-state index contributed by atoms with van der Waals surface area (Å²) < 4.78 is 0. The van der Waals surface area contributed by atoms with Crippen LogP contribution >= 0.6 is 0 Å². The van der Waals surface area contributed by atoms with Gasteiger partial charge in [0.05, 0.1) is 0 Å². The topological polar surface area (TPSA) is 40.5 Å². The van der Waals surface area contributed by atoms with E-state index >= 15 is 0 Å². The minimum absolute atomic E-state index is 0.197. The summed E-state index contributed by atoms with van der Waals surface area (Å²) in [6.07, 6.45) is 2.58. The molecule has 104 valence electrons. The summed E-state index contributed by atoms with van der Waals surface area (Å²) in [7, 11) is 0. The number of aryl methyl sites for hydroxylation is 1. The second kappa shape index (κ2) is 6.31. The standard InChI is InChI=1S/C16H23NO2/c1-12-4-3-5-17(9-12)10-14-6-13(2)7-15(8-14)16(19)11-18/h6-8,12,18H,3-5,9-11H2,1-2H3. The number of aliphatic hydroxyl groups excluding tert-OH is 1. The third-order valence-electron chi connectivity index (χ3n) is 3.75. The van der Waals surface area contributed by atoms with Crippen molar-refractivity contribution in [3.8, 4) is 0 Å². The molecule has 0 spiro atoms. The number of carbonyl (C=O) groups excluding carboxylic acids is 1. The molecule has 1 fully saturated rings. The quantitative estimate of drug-likeness (QED) is 0.846. The number of hydrogen-bond acceptors (Lipinski definition) is 3. The molecule has 1 aromatic carbocycles. The molecule has 1 unspecified atom stereocenters. The van der Waals surface area contributed by atoms with E-state index in [0.717, 1.165) is 31.1 Å². The van der Waals surface area contributed by atoms with Gasteiger partial charge in [-0.3, -0.25) is 9.69 Å². The number of nitrogens with zero attached hydrogens (tertiary/aromatic N) is 1. The van der Waals surface area contributed by atoms with E-state index in [0.29, 0.717) is 5.56 Å². The lowest BCUT2D eigenvalue weighted by Crippen LogP contribution is -2.33. The zero-order valence-corrected chi connectivity index (χ0v) is 11.9. The van der Waals surface area contributed by atoms with Crippen LogP contribution in [-0.4, -0.2) is 35.5 Å². The Hall–Kier alpha value is -1.19. The van der Waals surface area contributed by atoms with Gasteiger partial charge in [-0.25, -0.2) is 0 Å².